The summed E-state index contributed by atoms with van der Waals surface area (Å²) in [7, 11) is 0. The molecule has 0 spiro atoms. The van der Waals surface area contributed by atoms with Gasteiger partial charge < -0.3 is 15.2 Å². The minimum absolute atomic E-state index is 0.0638. The van der Waals surface area contributed by atoms with Crippen molar-refractivity contribution in [2.24, 2.45) is 0 Å². The van der Waals surface area contributed by atoms with E-state index in [9.17, 15) is 9.90 Å². The Kier molecular flexibility index (Phi) is 6.48. The molecule has 1 aromatic rings. The fourth-order valence-corrected chi connectivity index (χ4v) is 1.88. The van der Waals surface area contributed by atoms with Crippen LogP contribution in [0.5, 0.6) is 5.75 Å². The van der Waals surface area contributed by atoms with Crippen molar-refractivity contribution in [2.45, 2.75) is 32.9 Å². The van der Waals surface area contributed by atoms with Crippen molar-refractivity contribution in [1.29, 1.82) is 0 Å². The maximum Gasteiger partial charge on any atom is 0.163 e. The number of halogens is 1. The first-order valence-corrected chi connectivity index (χ1v) is 7.04. The van der Waals surface area contributed by atoms with Crippen LogP contribution in [0.2, 0.25) is 0 Å². The Morgan fingerprint density at radius 2 is 2.16 bits per heavy atom. The maximum absolute atomic E-state index is 11.5. The molecule has 0 fully saturated rings. The summed E-state index contributed by atoms with van der Waals surface area (Å²) < 4.78 is 6.34. The number of aliphatic hydroxyl groups is 1. The van der Waals surface area contributed by atoms with Gasteiger partial charge in [0.2, 0.25) is 0 Å². The van der Waals surface area contributed by atoms with E-state index in [1.165, 1.54) is 6.92 Å². The van der Waals surface area contributed by atoms with Crippen molar-refractivity contribution in [3.63, 3.8) is 0 Å². The van der Waals surface area contributed by atoms with E-state index in [4.69, 9.17) is 4.74 Å². The van der Waals surface area contributed by atoms with E-state index in [-0.39, 0.29) is 12.4 Å². The minimum atomic E-state index is -0.606. The van der Waals surface area contributed by atoms with E-state index in [2.05, 4.69) is 21.2 Å². The third-order valence-corrected chi connectivity index (χ3v) is 3.01. The van der Waals surface area contributed by atoms with Crippen LogP contribution in [0.25, 0.3) is 0 Å². The standard InChI is InChI=1S/C14H20BrNO3/c1-9(2)16-7-12(18)8-19-14-5-4-11(15)6-13(14)10(3)17/h4-6,9,12,16,18H,7-8H2,1-3H3. The topological polar surface area (TPSA) is 58.6 Å². The van der Waals surface area contributed by atoms with Crippen LogP contribution in [0.3, 0.4) is 0 Å². The minimum Gasteiger partial charge on any atom is -0.490 e. The van der Waals surface area contributed by atoms with Crippen LogP contribution < -0.4 is 10.1 Å². The molecule has 1 atom stereocenters. The molecule has 0 bridgehead atoms. The van der Waals surface area contributed by atoms with E-state index in [1.807, 2.05) is 13.8 Å². The summed E-state index contributed by atoms with van der Waals surface area (Å²) in [6, 6.07) is 5.57. The normalized spacial score (nSPS) is 12.5. The first kappa shape index (κ1) is 16.1. The Bertz CT molecular complexity index is 435. The van der Waals surface area contributed by atoms with Gasteiger partial charge in [-0.2, -0.15) is 0 Å². The molecule has 0 saturated carbocycles. The van der Waals surface area contributed by atoms with Gasteiger partial charge in [-0.3, -0.25) is 4.79 Å². The lowest BCUT2D eigenvalue weighted by molar-refractivity contribution is 0.0968. The molecule has 0 radical (unpaired) electrons. The summed E-state index contributed by atoms with van der Waals surface area (Å²) in [6.07, 6.45) is -0.606. The van der Waals surface area contributed by atoms with Crippen LogP contribution in [-0.4, -0.2) is 36.2 Å². The molecule has 1 unspecified atom stereocenters. The predicted molar refractivity (Wildman–Crippen MR) is 78.8 cm³/mol. The first-order chi connectivity index (χ1) is 8.90. The zero-order valence-electron chi connectivity index (χ0n) is 11.4. The van der Waals surface area contributed by atoms with Crippen molar-refractivity contribution in [2.75, 3.05) is 13.2 Å². The second kappa shape index (κ2) is 7.62. The van der Waals surface area contributed by atoms with E-state index in [0.717, 1.165) is 4.47 Å². The van der Waals surface area contributed by atoms with Crippen LogP contribution in [0, 0.1) is 0 Å². The second-order valence-electron chi connectivity index (χ2n) is 4.72. The van der Waals surface area contributed by atoms with E-state index >= 15 is 0 Å². The number of carbonyl (C=O) groups excluding carboxylic acids is 1. The average molecular weight is 330 g/mol. The molecular weight excluding hydrogens is 310 g/mol. The number of hydrogen-bond donors (Lipinski definition) is 2. The first-order valence-electron chi connectivity index (χ1n) is 6.25. The molecule has 0 aromatic heterocycles. The molecular formula is C14H20BrNO3. The van der Waals surface area contributed by atoms with Gasteiger partial charge in [0.15, 0.2) is 5.78 Å². The van der Waals surface area contributed by atoms with Gasteiger partial charge in [0.25, 0.3) is 0 Å². The van der Waals surface area contributed by atoms with Crippen molar-refractivity contribution >= 4 is 21.7 Å². The number of ether oxygens (including phenoxy) is 1. The lowest BCUT2D eigenvalue weighted by Crippen LogP contribution is -2.35. The Morgan fingerprint density at radius 1 is 1.47 bits per heavy atom. The molecule has 0 aliphatic heterocycles. The van der Waals surface area contributed by atoms with E-state index in [1.54, 1.807) is 18.2 Å². The highest BCUT2D eigenvalue weighted by Crippen LogP contribution is 2.23. The third-order valence-electron chi connectivity index (χ3n) is 2.51. The molecule has 0 aliphatic rings. The summed E-state index contributed by atoms with van der Waals surface area (Å²) in [5.41, 5.74) is 0.512. The molecule has 1 rings (SSSR count). The zero-order chi connectivity index (χ0) is 14.4. The quantitative estimate of drug-likeness (QED) is 0.754. The number of Topliss-reactive ketones (excluding diaryl/α,β-unsaturated/α-hetero) is 1. The molecule has 0 saturated heterocycles. The summed E-state index contributed by atoms with van der Waals surface area (Å²) in [5, 5.41) is 12.9. The molecule has 106 valence electrons. The molecule has 2 N–H and O–H groups in total. The molecule has 4 nitrogen and oxygen atoms in total. The van der Waals surface area contributed by atoms with Crippen molar-refractivity contribution in [3.05, 3.63) is 28.2 Å². The van der Waals surface area contributed by atoms with Gasteiger partial charge in [0.1, 0.15) is 18.5 Å². The van der Waals surface area contributed by atoms with Gasteiger partial charge in [-0.05, 0) is 25.1 Å². The zero-order valence-corrected chi connectivity index (χ0v) is 13.0. The van der Waals surface area contributed by atoms with Gasteiger partial charge in [0.05, 0.1) is 5.56 Å². The third kappa shape index (κ3) is 5.72. The molecule has 0 heterocycles. The number of rotatable bonds is 7. The van der Waals surface area contributed by atoms with Crippen LogP contribution in [0.15, 0.2) is 22.7 Å². The van der Waals surface area contributed by atoms with Crippen LogP contribution in [-0.2, 0) is 0 Å². The Balaban J connectivity index is 2.60. The van der Waals surface area contributed by atoms with Gasteiger partial charge in [-0.1, -0.05) is 29.8 Å². The van der Waals surface area contributed by atoms with Crippen molar-refractivity contribution < 1.29 is 14.6 Å². The van der Waals surface area contributed by atoms with Gasteiger partial charge in [0, 0.05) is 17.1 Å². The fourth-order valence-electron chi connectivity index (χ4n) is 1.52. The highest BCUT2D eigenvalue weighted by atomic mass is 79.9. The molecule has 0 amide bonds. The van der Waals surface area contributed by atoms with Crippen molar-refractivity contribution in [1.82, 2.24) is 5.32 Å². The number of hydrogen-bond acceptors (Lipinski definition) is 4. The van der Waals surface area contributed by atoms with Gasteiger partial charge in [-0.15, -0.1) is 0 Å². The molecule has 5 heteroatoms. The number of ketones is 1. The smallest absolute Gasteiger partial charge is 0.163 e. The summed E-state index contributed by atoms with van der Waals surface area (Å²) >= 11 is 3.32. The van der Waals surface area contributed by atoms with E-state index < -0.39 is 6.10 Å². The maximum atomic E-state index is 11.5. The number of aliphatic hydroxyl groups excluding tert-OH is 1. The highest BCUT2D eigenvalue weighted by molar-refractivity contribution is 9.10. The SMILES string of the molecule is CC(=O)c1cc(Br)ccc1OCC(O)CNC(C)C. The lowest BCUT2D eigenvalue weighted by Gasteiger charge is -2.16. The van der Waals surface area contributed by atoms with Crippen LogP contribution in [0.1, 0.15) is 31.1 Å². The Labute approximate surface area is 122 Å². The van der Waals surface area contributed by atoms with Crippen LogP contribution in [0.4, 0.5) is 0 Å². The average Bonchev–Trinajstić information content (AvgIpc) is 2.34. The second-order valence-corrected chi connectivity index (χ2v) is 5.64. The Morgan fingerprint density at radius 3 is 2.74 bits per heavy atom. The summed E-state index contributed by atoms with van der Waals surface area (Å²) in [4.78, 5) is 11.5. The number of nitrogens with one attached hydrogen (secondary N) is 1. The largest absolute Gasteiger partial charge is 0.490 e. The van der Waals surface area contributed by atoms with Crippen LogP contribution >= 0.6 is 15.9 Å². The monoisotopic (exact) mass is 329 g/mol. The van der Waals surface area contributed by atoms with Crippen molar-refractivity contribution in [3.8, 4) is 5.75 Å². The molecule has 19 heavy (non-hydrogen) atoms. The lowest BCUT2D eigenvalue weighted by atomic mass is 10.1. The predicted octanol–water partition coefficient (Wildman–Crippen LogP) is 2.39. The fraction of sp³-hybridized carbons (Fsp3) is 0.500. The summed E-state index contributed by atoms with van der Waals surface area (Å²) in [5.74, 6) is 0.436. The number of carbonyl (C=O) groups is 1. The highest BCUT2D eigenvalue weighted by Gasteiger charge is 2.11. The molecule has 1 aromatic carbocycles. The number of benzene rings is 1. The van der Waals surface area contributed by atoms with E-state index in [0.29, 0.717) is 23.9 Å². The van der Waals surface area contributed by atoms with Gasteiger partial charge in [-0.25, -0.2) is 0 Å². The summed E-state index contributed by atoms with van der Waals surface area (Å²) in [6.45, 7) is 6.13. The Hall–Kier alpha value is -0.910. The molecule has 0 aliphatic carbocycles. The van der Waals surface area contributed by atoms with Gasteiger partial charge >= 0.3 is 0 Å².